The van der Waals surface area contributed by atoms with Crippen LogP contribution in [0.25, 0.3) is 33.4 Å². The van der Waals surface area contributed by atoms with Crippen LogP contribution in [-0.4, -0.2) is 54.6 Å². The molecule has 33 heavy (non-hydrogen) atoms. The number of ether oxygens (including phenoxy) is 1. The number of phenols is 1. The van der Waals surface area contributed by atoms with Crippen LogP contribution in [-0.2, 0) is 0 Å². The van der Waals surface area contributed by atoms with Gasteiger partial charge in [0.1, 0.15) is 30.2 Å². The zero-order chi connectivity index (χ0) is 23.7. The van der Waals surface area contributed by atoms with E-state index in [9.17, 15) is 15.5 Å². The molecular formula is C23H20ClN5O4. The molecule has 3 heterocycles. The number of aromatic hydroxyl groups is 1. The number of H-pyrrole nitrogens is 1. The minimum absolute atomic E-state index is 0.0337. The Labute approximate surface area is 193 Å². The Kier molecular flexibility index (Phi) is 6.16. The highest BCUT2D eigenvalue weighted by Crippen LogP contribution is 2.41. The number of phenolic OH excluding ortho intramolecular Hbond substituents is 1. The molecule has 0 amide bonds. The number of fused-ring (bicyclic) bond motifs is 1. The van der Waals surface area contributed by atoms with Gasteiger partial charge in [-0.05, 0) is 36.6 Å². The van der Waals surface area contributed by atoms with Crippen LogP contribution in [0.2, 0.25) is 5.02 Å². The van der Waals surface area contributed by atoms with E-state index in [0.29, 0.717) is 44.0 Å². The number of aliphatic hydroxyl groups excluding tert-OH is 2. The fraction of sp³-hybridized carbons (Fsp3) is 0.217. The molecule has 4 N–H and O–H groups in total. The molecule has 0 radical (unpaired) electrons. The maximum absolute atomic E-state index is 10.2. The third-order valence-corrected chi connectivity index (χ3v) is 5.70. The number of nitriles is 1. The summed E-state index contributed by atoms with van der Waals surface area (Å²) in [6.45, 7) is 3.11. The first-order valence-corrected chi connectivity index (χ1v) is 10.4. The van der Waals surface area contributed by atoms with Crippen molar-refractivity contribution in [2.24, 2.45) is 0 Å². The standard InChI is InChI=1S/C23H20ClN5O4/c1-11-3-4-17(32)12(2)18(11)16-8-26-22-19(15(16)5-25)20(24)21(29-22)13-6-27-23(28-7-13)33-10-14(31)9-30/h3-4,6-8,14,30-32H,9-10H2,1-2H3,(H,26,29). The molecule has 0 spiro atoms. The van der Waals surface area contributed by atoms with Crippen LogP contribution in [0.3, 0.4) is 0 Å². The van der Waals surface area contributed by atoms with Gasteiger partial charge in [-0.3, -0.25) is 0 Å². The van der Waals surface area contributed by atoms with Crippen LogP contribution in [0.4, 0.5) is 0 Å². The Balaban J connectivity index is 1.79. The van der Waals surface area contributed by atoms with Gasteiger partial charge in [0.15, 0.2) is 0 Å². The maximum atomic E-state index is 10.2. The Hall–Kier alpha value is -3.71. The van der Waals surface area contributed by atoms with Gasteiger partial charge >= 0.3 is 6.01 Å². The molecule has 4 rings (SSSR count). The molecule has 1 atom stereocenters. The minimum Gasteiger partial charge on any atom is -0.508 e. The number of aliphatic hydroxyl groups is 2. The number of nitrogens with zero attached hydrogens (tertiary/aromatic N) is 4. The number of hydrogen-bond donors (Lipinski definition) is 4. The molecule has 0 saturated heterocycles. The predicted molar refractivity (Wildman–Crippen MR) is 122 cm³/mol. The first-order chi connectivity index (χ1) is 15.8. The largest absolute Gasteiger partial charge is 0.508 e. The van der Waals surface area contributed by atoms with Gasteiger partial charge in [-0.15, -0.1) is 0 Å². The molecule has 3 aromatic heterocycles. The first-order valence-electron chi connectivity index (χ1n) is 9.99. The van der Waals surface area contributed by atoms with E-state index in [2.05, 4.69) is 26.0 Å². The topological polar surface area (TPSA) is 148 Å². The summed E-state index contributed by atoms with van der Waals surface area (Å²) < 4.78 is 5.22. The lowest BCUT2D eigenvalue weighted by molar-refractivity contribution is 0.0504. The van der Waals surface area contributed by atoms with Crippen molar-refractivity contribution in [2.45, 2.75) is 20.0 Å². The summed E-state index contributed by atoms with van der Waals surface area (Å²) in [5.41, 5.74) is 4.64. The minimum atomic E-state index is -1.03. The van der Waals surface area contributed by atoms with Crippen molar-refractivity contribution in [3.8, 4) is 40.2 Å². The molecule has 168 valence electrons. The van der Waals surface area contributed by atoms with E-state index in [4.69, 9.17) is 21.4 Å². The number of aromatic nitrogens is 4. The number of aromatic amines is 1. The van der Waals surface area contributed by atoms with E-state index in [1.54, 1.807) is 25.3 Å². The summed E-state index contributed by atoms with van der Waals surface area (Å²) in [5, 5.41) is 39.2. The Morgan fingerprint density at radius 1 is 1.18 bits per heavy atom. The Bertz CT molecular complexity index is 1380. The van der Waals surface area contributed by atoms with E-state index < -0.39 is 12.7 Å². The number of nitrogens with one attached hydrogen (secondary N) is 1. The molecule has 10 heteroatoms. The smallest absolute Gasteiger partial charge is 0.316 e. The summed E-state index contributed by atoms with van der Waals surface area (Å²) in [6.07, 6.45) is 3.54. The molecule has 0 aliphatic heterocycles. The molecule has 0 aliphatic carbocycles. The molecule has 1 aromatic carbocycles. The molecule has 0 bridgehead atoms. The van der Waals surface area contributed by atoms with E-state index in [1.807, 2.05) is 6.92 Å². The third kappa shape index (κ3) is 4.07. The quantitative estimate of drug-likeness (QED) is 0.339. The van der Waals surface area contributed by atoms with E-state index in [-0.39, 0.29) is 18.4 Å². The second-order valence-electron chi connectivity index (χ2n) is 7.50. The Morgan fingerprint density at radius 3 is 2.58 bits per heavy atom. The number of halogens is 1. The van der Waals surface area contributed by atoms with Crippen molar-refractivity contribution in [1.82, 2.24) is 19.9 Å². The molecule has 9 nitrogen and oxygen atoms in total. The van der Waals surface area contributed by atoms with Gasteiger partial charge < -0.3 is 25.0 Å². The lowest BCUT2D eigenvalue weighted by Crippen LogP contribution is -2.21. The van der Waals surface area contributed by atoms with E-state index >= 15 is 0 Å². The molecule has 4 aromatic rings. The highest BCUT2D eigenvalue weighted by molar-refractivity contribution is 6.38. The maximum Gasteiger partial charge on any atom is 0.316 e. The lowest BCUT2D eigenvalue weighted by Gasteiger charge is -2.13. The van der Waals surface area contributed by atoms with Crippen LogP contribution >= 0.6 is 11.6 Å². The summed E-state index contributed by atoms with van der Waals surface area (Å²) in [5.74, 6) is 0.131. The average molecular weight is 466 g/mol. The number of pyridine rings is 1. The summed E-state index contributed by atoms with van der Waals surface area (Å²) in [6, 6.07) is 5.67. The van der Waals surface area contributed by atoms with Crippen molar-refractivity contribution in [1.29, 1.82) is 5.26 Å². The van der Waals surface area contributed by atoms with Crippen molar-refractivity contribution in [3.63, 3.8) is 0 Å². The van der Waals surface area contributed by atoms with Crippen molar-refractivity contribution >= 4 is 22.6 Å². The van der Waals surface area contributed by atoms with Crippen molar-refractivity contribution in [3.05, 3.63) is 52.4 Å². The van der Waals surface area contributed by atoms with Gasteiger partial charge in [0.05, 0.1) is 28.3 Å². The van der Waals surface area contributed by atoms with Gasteiger partial charge in [0.2, 0.25) is 0 Å². The van der Waals surface area contributed by atoms with Crippen molar-refractivity contribution < 1.29 is 20.1 Å². The van der Waals surface area contributed by atoms with Gasteiger partial charge in [0.25, 0.3) is 0 Å². The molecular weight excluding hydrogens is 446 g/mol. The fourth-order valence-electron chi connectivity index (χ4n) is 3.62. The van der Waals surface area contributed by atoms with E-state index in [1.165, 1.54) is 12.4 Å². The zero-order valence-electron chi connectivity index (χ0n) is 17.8. The van der Waals surface area contributed by atoms with Crippen molar-refractivity contribution in [2.75, 3.05) is 13.2 Å². The molecule has 0 saturated carbocycles. The first kappa shape index (κ1) is 22.5. The average Bonchev–Trinajstić information content (AvgIpc) is 3.17. The van der Waals surface area contributed by atoms with Gasteiger partial charge in [-0.2, -0.15) is 5.26 Å². The zero-order valence-corrected chi connectivity index (χ0v) is 18.6. The second kappa shape index (κ2) is 9.03. The second-order valence-corrected chi connectivity index (χ2v) is 7.88. The number of hydrogen-bond acceptors (Lipinski definition) is 8. The van der Waals surface area contributed by atoms with Crippen LogP contribution in [0.1, 0.15) is 16.7 Å². The van der Waals surface area contributed by atoms with Gasteiger partial charge in [-0.25, -0.2) is 15.0 Å². The van der Waals surface area contributed by atoms with E-state index in [0.717, 1.165) is 11.1 Å². The van der Waals surface area contributed by atoms with Crippen LogP contribution in [0.15, 0.2) is 30.7 Å². The van der Waals surface area contributed by atoms with Crippen LogP contribution in [0, 0.1) is 25.2 Å². The monoisotopic (exact) mass is 465 g/mol. The Morgan fingerprint density at radius 2 is 1.91 bits per heavy atom. The third-order valence-electron chi connectivity index (χ3n) is 5.32. The highest BCUT2D eigenvalue weighted by atomic mass is 35.5. The summed E-state index contributed by atoms with van der Waals surface area (Å²) in [7, 11) is 0. The fourth-order valence-corrected chi connectivity index (χ4v) is 3.96. The number of rotatable bonds is 6. The van der Waals surface area contributed by atoms with Crippen LogP contribution in [0.5, 0.6) is 11.8 Å². The normalized spacial score (nSPS) is 12.0. The molecule has 1 unspecified atom stereocenters. The summed E-state index contributed by atoms with van der Waals surface area (Å²) >= 11 is 6.69. The lowest BCUT2D eigenvalue weighted by atomic mass is 9.92. The van der Waals surface area contributed by atoms with Gasteiger partial charge in [-0.1, -0.05) is 17.7 Å². The highest BCUT2D eigenvalue weighted by Gasteiger charge is 2.22. The summed E-state index contributed by atoms with van der Waals surface area (Å²) in [4.78, 5) is 15.8. The molecule has 0 fully saturated rings. The molecule has 0 aliphatic rings. The number of benzene rings is 1. The van der Waals surface area contributed by atoms with Gasteiger partial charge in [0, 0.05) is 29.7 Å². The predicted octanol–water partition coefficient (Wildman–Crippen LogP) is 3.27. The van der Waals surface area contributed by atoms with Crippen LogP contribution < -0.4 is 4.74 Å². The number of aryl methyl sites for hydroxylation is 1. The SMILES string of the molecule is Cc1ccc(O)c(C)c1-c1cnc2[nH]c(-c3cnc(OCC(O)CO)nc3)c(Cl)c2c1C#N.